The number of nitrogens with one attached hydrogen (secondary N) is 1. The third-order valence-electron chi connectivity index (χ3n) is 2.57. The maximum Gasteiger partial charge on any atom is 0.208 e. The molecule has 4 nitrogen and oxygen atoms in total. The Balaban J connectivity index is 1.86. The van der Waals surface area contributed by atoms with E-state index in [0.717, 1.165) is 17.7 Å². The van der Waals surface area contributed by atoms with E-state index in [1.165, 1.54) is 12.1 Å². The average molecular weight is 250 g/mol. The smallest absolute Gasteiger partial charge is 0.208 e. The Morgan fingerprint density at radius 3 is 2.89 bits per heavy atom. The molecule has 0 amide bonds. The van der Waals surface area contributed by atoms with Crippen molar-refractivity contribution in [2.75, 3.05) is 0 Å². The summed E-state index contributed by atoms with van der Waals surface area (Å²) in [6, 6.07) is 4.31. The number of hydrogen-bond donors (Lipinski definition) is 2. The van der Waals surface area contributed by atoms with Crippen molar-refractivity contribution in [3.8, 4) is 5.75 Å². The molecule has 0 aliphatic heterocycles. The third kappa shape index (κ3) is 3.07. The number of hydrogen-bond acceptors (Lipinski definition) is 4. The van der Waals surface area contributed by atoms with E-state index in [-0.39, 0.29) is 5.75 Å². The molecule has 0 saturated heterocycles. The second-order valence-corrected chi connectivity index (χ2v) is 3.96. The number of phenolic OH excluding ortho intramolecular Hbond substituents is 1. The fraction of sp³-hybridized carbons (Fsp3) is 0.308. The van der Waals surface area contributed by atoms with Gasteiger partial charge in [-0.3, -0.25) is 0 Å². The SMILES string of the molecule is CCc1cnc(CNCc2ccc(O)c(F)c2)o1. The lowest BCUT2D eigenvalue weighted by Crippen LogP contribution is -2.12. The molecule has 0 aliphatic rings. The first kappa shape index (κ1) is 12.6. The van der Waals surface area contributed by atoms with Gasteiger partial charge in [-0.1, -0.05) is 13.0 Å². The van der Waals surface area contributed by atoms with Gasteiger partial charge in [-0.25, -0.2) is 9.37 Å². The maximum atomic E-state index is 13.1. The summed E-state index contributed by atoms with van der Waals surface area (Å²) in [6.07, 6.45) is 2.52. The molecular weight excluding hydrogens is 235 g/mol. The van der Waals surface area contributed by atoms with E-state index in [1.54, 1.807) is 12.3 Å². The molecule has 0 bridgehead atoms. The Hall–Kier alpha value is -1.88. The zero-order valence-electron chi connectivity index (χ0n) is 10.1. The first-order valence-electron chi connectivity index (χ1n) is 5.80. The normalized spacial score (nSPS) is 10.8. The number of oxazole rings is 1. The molecule has 0 fully saturated rings. The predicted molar refractivity (Wildman–Crippen MR) is 64.5 cm³/mol. The van der Waals surface area contributed by atoms with Crippen molar-refractivity contribution in [1.29, 1.82) is 0 Å². The summed E-state index contributed by atoms with van der Waals surface area (Å²) in [5, 5.41) is 12.2. The predicted octanol–water partition coefficient (Wildman–Crippen LogP) is 2.37. The molecule has 18 heavy (non-hydrogen) atoms. The molecule has 2 N–H and O–H groups in total. The van der Waals surface area contributed by atoms with Crippen molar-refractivity contribution in [1.82, 2.24) is 10.3 Å². The lowest BCUT2D eigenvalue weighted by Gasteiger charge is -2.03. The number of halogens is 1. The van der Waals surface area contributed by atoms with Crippen molar-refractivity contribution < 1.29 is 13.9 Å². The van der Waals surface area contributed by atoms with Gasteiger partial charge < -0.3 is 14.8 Å². The Morgan fingerprint density at radius 2 is 2.22 bits per heavy atom. The summed E-state index contributed by atoms with van der Waals surface area (Å²) < 4.78 is 18.5. The quantitative estimate of drug-likeness (QED) is 0.855. The highest BCUT2D eigenvalue weighted by atomic mass is 19.1. The number of nitrogens with zero attached hydrogens (tertiary/aromatic N) is 1. The fourth-order valence-electron chi connectivity index (χ4n) is 1.57. The van der Waals surface area contributed by atoms with Crippen LogP contribution in [0.4, 0.5) is 4.39 Å². The van der Waals surface area contributed by atoms with E-state index >= 15 is 0 Å². The summed E-state index contributed by atoms with van der Waals surface area (Å²) in [5.74, 6) is 0.520. The molecule has 1 aromatic carbocycles. The molecule has 0 radical (unpaired) electrons. The van der Waals surface area contributed by atoms with E-state index in [4.69, 9.17) is 9.52 Å². The first-order chi connectivity index (χ1) is 8.69. The summed E-state index contributed by atoms with van der Waals surface area (Å²) in [7, 11) is 0. The molecule has 1 heterocycles. The van der Waals surface area contributed by atoms with Gasteiger partial charge in [-0.2, -0.15) is 0 Å². The molecule has 0 spiro atoms. The number of aromatic hydroxyl groups is 1. The largest absolute Gasteiger partial charge is 0.505 e. The molecule has 2 rings (SSSR count). The molecule has 0 unspecified atom stereocenters. The van der Waals surface area contributed by atoms with Gasteiger partial charge in [0.15, 0.2) is 11.6 Å². The molecule has 96 valence electrons. The second-order valence-electron chi connectivity index (χ2n) is 3.96. The van der Waals surface area contributed by atoms with E-state index in [2.05, 4.69) is 10.3 Å². The summed E-state index contributed by atoms with van der Waals surface area (Å²) >= 11 is 0. The van der Waals surface area contributed by atoms with Crippen molar-refractivity contribution in [2.45, 2.75) is 26.4 Å². The van der Waals surface area contributed by atoms with Crippen LogP contribution in [0.2, 0.25) is 0 Å². The Labute approximate surface area is 104 Å². The zero-order chi connectivity index (χ0) is 13.0. The zero-order valence-corrected chi connectivity index (χ0v) is 10.1. The van der Waals surface area contributed by atoms with E-state index in [1.807, 2.05) is 6.92 Å². The molecule has 0 atom stereocenters. The van der Waals surface area contributed by atoms with E-state index in [9.17, 15) is 4.39 Å². The van der Waals surface area contributed by atoms with Crippen LogP contribution in [0, 0.1) is 5.82 Å². The number of aryl methyl sites for hydroxylation is 1. The molecule has 2 aromatic rings. The summed E-state index contributed by atoms with van der Waals surface area (Å²) in [4.78, 5) is 4.11. The lowest BCUT2D eigenvalue weighted by molar-refractivity contribution is 0.429. The minimum absolute atomic E-state index is 0.334. The van der Waals surface area contributed by atoms with E-state index in [0.29, 0.717) is 19.0 Å². The van der Waals surface area contributed by atoms with Gasteiger partial charge in [0.05, 0.1) is 12.7 Å². The number of phenols is 1. The number of aromatic nitrogens is 1. The lowest BCUT2D eigenvalue weighted by atomic mass is 10.2. The molecule has 5 heteroatoms. The van der Waals surface area contributed by atoms with Crippen LogP contribution in [0.1, 0.15) is 24.1 Å². The standard InChI is InChI=1S/C13H15FN2O2/c1-2-10-7-16-13(18-10)8-15-6-9-3-4-12(17)11(14)5-9/h3-5,7,15,17H,2,6,8H2,1H3. The minimum Gasteiger partial charge on any atom is -0.505 e. The average Bonchev–Trinajstić information content (AvgIpc) is 2.82. The van der Waals surface area contributed by atoms with Crippen molar-refractivity contribution in [3.63, 3.8) is 0 Å². The minimum atomic E-state index is -0.612. The Morgan fingerprint density at radius 1 is 1.39 bits per heavy atom. The Kier molecular flexibility index (Phi) is 3.94. The molecular formula is C13H15FN2O2. The second kappa shape index (κ2) is 5.64. The summed E-state index contributed by atoms with van der Waals surface area (Å²) in [5.41, 5.74) is 0.757. The Bertz CT molecular complexity index is 525. The van der Waals surface area contributed by atoms with Gasteiger partial charge in [0, 0.05) is 13.0 Å². The molecule has 0 saturated carbocycles. The highest BCUT2D eigenvalue weighted by Crippen LogP contribution is 2.16. The highest BCUT2D eigenvalue weighted by Gasteiger charge is 2.03. The van der Waals surface area contributed by atoms with Crippen molar-refractivity contribution in [2.24, 2.45) is 0 Å². The van der Waals surface area contributed by atoms with Gasteiger partial charge in [-0.05, 0) is 17.7 Å². The van der Waals surface area contributed by atoms with Gasteiger partial charge in [0.25, 0.3) is 0 Å². The van der Waals surface area contributed by atoms with Crippen LogP contribution in [0.5, 0.6) is 5.75 Å². The van der Waals surface area contributed by atoms with Crippen molar-refractivity contribution in [3.05, 3.63) is 47.4 Å². The van der Waals surface area contributed by atoms with Crippen LogP contribution >= 0.6 is 0 Å². The van der Waals surface area contributed by atoms with Crippen LogP contribution in [0.3, 0.4) is 0 Å². The molecule has 0 aliphatic carbocycles. The van der Waals surface area contributed by atoms with Crippen LogP contribution < -0.4 is 5.32 Å². The van der Waals surface area contributed by atoms with Gasteiger partial charge in [0.2, 0.25) is 5.89 Å². The monoisotopic (exact) mass is 250 g/mol. The first-order valence-corrected chi connectivity index (χ1v) is 5.80. The van der Waals surface area contributed by atoms with Gasteiger partial charge in [0.1, 0.15) is 5.76 Å². The van der Waals surface area contributed by atoms with Crippen LogP contribution in [-0.2, 0) is 19.5 Å². The van der Waals surface area contributed by atoms with Crippen molar-refractivity contribution >= 4 is 0 Å². The maximum absolute atomic E-state index is 13.1. The van der Waals surface area contributed by atoms with Gasteiger partial charge >= 0.3 is 0 Å². The number of rotatable bonds is 5. The van der Waals surface area contributed by atoms with Gasteiger partial charge in [-0.15, -0.1) is 0 Å². The highest BCUT2D eigenvalue weighted by molar-refractivity contribution is 5.27. The van der Waals surface area contributed by atoms with E-state index < -0.39 is 5.82 Å². The summed E-state index contributed by atoms with van der Waals surface area (Å²) in [6.45, 7) is 2.97. The topological polar surface area (TPSA) is 58.3 Å². The van der Waals surface area contributed by atoms with Crippen LogP contribution in [0.15, 0.2) is 28.8 Å². The van der Waals surface area contributed by atoms with Crippen LogP contribution in [0.25, 0.3) is 0 Å². The molecule has 1 aromatic heterocycles. The fourth-order valence-corrected chi connectivity index (χ4v) is 1.57. The van der Waals surface area contributed by atoms with Crippen LogP contribution in [-0.4, -0.2) is 10.1 Å². The third-order valence-corrected chi connectivity index (χ3v) is 2.57. The number of benzene rings is 1.